The van der Waals surface area contributed by atoms with Gasteiger partial charge in [-0.05, 0) is 66.3 Å². The number of hydrogen-bond donors (Lipinski definition) is 2. The third kappa shape index (κ3) is 4.66. The van der Waals surface area contributed by atoms with Gasteiger partial charge in [0.1, 0.15) is 10.6 Å². The van der Waals surface area contributed by atoms with E-state index in [9.17, 15) is 4.79 Å². The first kappa shape index (κ1) is 23.1. The summed E-state index contributed by atoms with van der Waals surface area (Å²) < 4.78 is 18.5. The molecule has 10 heteroatoms. The van der Waals surface area contributed by atoms with Crippen LogP contribution in [0.15, 0.2) is 30.3 Å². The number of fused-ring (bicyclic) bond motifs is 1. The van der Waals surface area contributed by atoms with Crippen molar-refractivity contribution < 1.29 is 19.0 Å². The van der Waals surface area contributed by atoms with E-state index < -0.39 is 5.91 Å². The van der Waals surface area contributed by atoms with Crippen molar-refractivity contribution in [1.29, 1.82) is 0 Å². The first-order chi connectivity index (χ1) is 17.1. The van der Waals surface area contributed by atoms with Gasteiger partial charge in [-0.15, -0.1) is 16.4 Å². The number of methoxy groups -OCH3 is 2. The summed E-state index contributed by atoms with van der Waals surface area (Å²) >= 11 is 1.33. The number of hydrogen-bond acceptors (Lipinski definition) is 8. The number of carbonyl (C=O) groups is 1. The van der Waals surface area contributed by atoms with E-state index >= 15 is 0 Å². The van der Waals surface area contributed by atoms with E-state index in [1.165, 1.54) is 49.0 Å². The Morgan fingerprint density at radius 2 is 1.86 bits per heavy atom. The number of thiophene rings is 1. The molecule has 0 spiro atoms. The third-order valence-electron chi connectivity index (χ3n) is 6.41. The smallest absolute Gasteiger partial charge is 0.272 e. The van der Waals surface area contributed by atoms with Crippen molar-refractivity contribution in [2.24, 2.45) is 0 Å². The Morgan fingerprint density at radius 1 is 1.06 bits per heavy atom. The van der Waals surface area contributed by atoms with Crippen molar-refractivity contribution in [1.82, 2.24) is 20.6 Å². The van der Waals surface area contributed by atoms with Gasteiger partial charge in [0.25, 0.3) is 11.9 Å². The summed E-state index contributed by atoms with van der Waals surface area (Å²) in [6, 6.07) is 9.97. The molecule has 2 N–H and O–H groups in total. The number of amides is 1. The van der Waals surface area contributed by atoms with E-state index in [1.807, 2.05) is 25.1 Å². The average molecular weight is 494 g/mol. The molecular weight excluding hydrogens is 466 g/mol. The van der Waals surface area contributed by atoms with Crippen molar-refractivity contribution in [3.8, 4) is 23.0 Å². The van der Waals surface area contributed by atoms with Crippen molar-refractivity contribution in [2.75, 3.05) is 19.5 Å². The number of aromatic amines is 1. The predicted molar refractivity (Wildman–Crippen MR) is 134 cm³/mol. The maximum atomic E-state index is 13.2. The summed E-state index contributed by atoms with van der Waals surface area (Å²) in [5, 5.41) is 16.9. The first-order valence-corrected chi connectivity index (χ1v) is 12.4. The highest BCUT2D eigenvalue weighted by atomic mass is 32.1. The minimum absolute atomic E-state index is 0.0848. The minimum Gasteiger partial charge on any atom is -0.496 e. The van der Waals surface area contributed by atoms with Crippen LogP contribution in [0, 0.1) is 6.92 Å². The quantitative estimate of drug-likeness (QED) is 0.333. The van der Waals surface area contributed by atoms with Gasteiger partial charge < -0.3 is 14.2 Å². The van der Waals surface area contributed by atoms with Gasteiger partial charge in [-0.1, -0.05) is 30.4 Å². The molecule has 0 saturated heterocycles. The van der Waals surface area contributed by atoms with Crippen LogP contribution in [0.5, 0.6) is 23.0 Å². The second-order valence-electron chi connectivity index (χ2n) is 8.62. The molecule has 2 aromatic heterocycles. The number of aryl methyl sites for hydroxylation is 1. The fourth-order valence-corrected chi connectivity index (χ4v) is 5.72. The zero-order valence-electron chi connectivity index (χ0n) is 19.9. The SMILES string of the molecule is COc1cc2c(Oc3ccc(C4CCCCC4)cc3OC)c(C(=O)Nc3nn[nH]n3)sc2cc1C. The molecule has 0 unspecified atom stereocenters. The van der Waals surface area contributed by atoms with Crippen molar-refractivity contribution >= 4 is 33.3 Å². The summed E-state index contributed by atoms with van der Waals surface area (Å²) in [7, 11) is 3.26. The molecule has 9 nitrogen and oxygen atoms in total. The Balaban J connectivity index is 1.55. The van der Waals surface area contributed by atoms with Gasteiger partial charge in [-0.25, -0.2) is 0 Å². The normalized spacial score (nSPS) is 14.1. The fourth-order valence-electron chi connectivity index (χ4n) is 4.61. The van der Waals surface area contributed by atoms with Crippen LogP contribution in [-0.2, 0) is 0 Å². The average Bonchev–Trinajstić information content (AvgIpc) is 3.52. The maximum absolute atomic E-state index is 13.2. The lowest BCUT2D eigenvalue weighted by Crippen LogP contribution is -2.12. The summed E-state index contributed by atoms with van der Waals surface area (Å²) in [6.07, 6.45) is 6.20. The van der Waals surface area contributed by atoms with Crippen molar-refractivity contribution in [3.63, 3.8) is 0 Å². The molecule has 1 fully saturated rings. The number of rotatable bonds is 7. The van der Waals surface area contributed by atoms with Gasteiger partial charge in [0.05, 0.1) is 14.2 Å². The van der Waals surface area contributed by atoms with Crippen LogP contribution in [0.3, 0.4) is 0 Å². The molecule has 2 aromatic carbocycles. The van der Waals surface area contributed by atoms with E-state index in [1.54, 1.807) is 14.2 Å². The molecule has 182 valence electrons. The van der Waals surface area contributed by atoms with Crippen LogP contribution in [-0.4, -0.2) is 40.8 Å². The molecule has 1 aliphatic carbocycles. The van der Waals surface area contributed by atoms with E-state index in [0.717, 1.165) is 15.6 Å². The summed E-state index contributed by atoms with van der Waals surface area (Å²) in [6.45, 7) is 1.96. The molecule has 1 amide bonds. The molecule has 0 aliphatic heterocycles. The van der Waals surface area contributed by atoms with E-state index in [-0.39, 0.29) is 5.95 Å². The molecule has 0 radical (unpaired) electrons. The fraction of sp³-hybridized carbons (Fsp3) is 0.360. The Hall–Kier alpha value is -3.66. The number of nitrogens with zero attached hydrogens (tertiary/aromatic N) is 3. The number of ether oxygens (including phenoxy) is 3. The topological polar surface area (TPSA) is 111 Å². The zero-order chi connectivity index (χ0) is 24.4. The summed E-state index contributed by atoms with van der Waals surface area (Å²) in [5.41, 5.74) is 2.23. The summed E-state index contributed by atoms with van der Waals surface area (Å²) in [4.78, 5) is 13.6. The number of benzene rings is 2. The lowest BCUT2D eigenvalue weighted by atomic mass is 9.84. The second-order valence-corrected chi connectivity index (χ2v) is 9.67. The number of anilines is 1. The minimum atomic E-state index is -0.392. The highest BCUT2D eigenvalue weighted by Crippen LogP contribution is 2.45. The zero-order valence-corrected chi connectivity index (χ0v) is 20.7. The van der Waals surface area contributed by atoms with Gasteiger partial charge >= 0.3 is 0 Å². The number of aromatic nitrogens is 4. The molecular formula is C25H27N5O4S. The van der Waals surface area contributed by atoms with Crippen LogP contribution in [0.1, 0.15) is 58.8 Å². The van der Waals surface area contributed by atoms with Crippen molar-refractivity contribution in [3.05, 3.63) is 46.3 Å². The Morgan fingerprint density at radius 3 is 2.57 bits per heavy atom. The maximum Gasteiger partial charge on any atom is 0.272 e. The molecule has 5 rings (SSSR count). The van der Waals surface area contributed by atoms with Gasteiger partial charge in [-0.2, -0.15) is 5.21 Å². The lowest BCUT2D eigenvalue weighted by Gasteiger charge is -2.23. The highest BCUT2D eigenvalue weighted by molar-refractivity contribution is 7.21. The lowest BCUT2D eigenvalue weighted by molar-refractivity contribution is 0.102. The molecule has 35 heavy (non-hydrogen) atoms. The van der Waals surface area contributed by atoms with Crippen LogP contribution in [0.2, 0.25) is 0 Å². The first-order valence-electron chi connectivity index (χ1n) is 11.6. The van der Waals surface area contributed by atoms with E-state index in [4.69, 9.17) is 14.2 Å². The molecule has 4 aromatic rings. The predicted octanol–water partition coefficient (Wildman–Crippen LogP) is 5.83. The number of carbonyl (C=O) groups excluding carboxylic acids is 1. The van der Waals surface area contributed by atoms with Gasteiger partial charge in [0.2, 0.25) is 0 Å². The van der Waals surface area contributed by atoms with Crippen LogP contribution in [0.4, 0.5) is 5.95 Å². The van der Waals surface area contributed by atoms with E-state index in [2.05, 4.69) is 38.1 Å². The Kier molecular flexibility index (Phi) is 6.54. The molecule has 1 saturated carbocycles. The molecule has 0 atom stereocenters. The van der Waals surface area contributed by atoms with E-state index in [0.29, 0.717) is 33.8 Å². The number of nitrogens with one attached hydrogen (secondary N) is 2. The Bertz CT molecular complexity index is 1350. The van der Waals surface area contributed by atoms with Gasteiger partial charge in [0.15, 0.2) is 17.2 Å². The summed E-state index contributed by atoms with van der Waals surface area (Å²) in [5.74, 6) is 2.55. The van der Waals surface area contributed by atoms with Gasteiger partial charge in [0, 0.05) is 10.1 Å². The van der Waals surface area contributed by atoms with Crippen LogP contribution < -0.4 is 19.5 Å². The standard InChI is InChI=1S/C25H27N5O4S/c1-14-11-21-17(13-19(14)32-2)22(23(35-21)24(31)26-25-27-29-30-28-25)34-18-10-9-16(12-20(18)33-3)15-7-5-4-6-8-15/h9-13,15H,4-8H2,1-3H3,(H2,26,27,28,29,30,31). The number of tetrazole rings is 1. The third-order valence-corrected chi connectivity index (χ3v) is 7.55. The molecule has 0 bridgehead atoms. The number of H-pyrrole nitrogens is 1. The Labute approximate surface area is 206 Å². The van der Waals surface area contributed by atoms with Gasteiger partial charge in [-0.3, -0.25) is 10.1 Å². The molecule has 2 heterocycles. The second kappa shape index (κ2) is 9.91. The van der Waals surface area contributed by atoms with Crippen LogP contribution in [0.25, 0.3) is 10.1 Å². The monoisotopic (exact) mass is 493 g/mol. The molecule has 1 aliphatic rings. The largest absolute Gasteiger partial charge is 0.496 e. The van der Waals surface area contributed by atoms with Crippen molar-refractivity contribution in [2.45, 2.75) is 44.9 Å². The van der Waals surface area contributed by atoms with Crippen LogP contribution >= 0.6 is 11.3 Å². The highest BCUT2D eigenvalue weighted by Gasteiger charge is 2.25.